The van der Waals surface area contributed by atoms with Crippen LogP contribution >= 0.6 is 15.9 Å². The predicted octanol–water partition coefficient (Wildman–Crippen LogP) is 2.91. The first-order chi connectivity index (χ1) is 7.17. The molecule has 3 heteroatoms. The van der Waals surface area contributed by atoms with E-state index < -0.39 is 0 Å². The van der Waals surface area contributed by atoms with Crippen molar-refractivity contribution in [3.05, 3.63) is 0 Å². The Morgan fingerprint density at radius 2 is 2.13 bits per heavy atom. The number of likely N-dealkylation sites (N-methyl/N-ethyl adjacent to an activating group) is 1. The summed E-state index contributed by atoms with van der Waals surface area (Å²) in [6, 6.07) is 0.538. The van der Waals surface area contributed by atoms with Crippen LogP contribution in [0.2, 0.25) is 0 Å². The zero-order chi connectivity index (χ0) is 11.3. The van der Waals surface area contributed by atoms with E-state index in [2.05, 4.69) is 34.7 Å². The molecule has 1 fully saturated rings. The highest BCUT2D eigenvalue weighted by Gasteiger charge is 2.37. The van der Waals surface area contributed by atoms with Crippen molar-refractivity contribution >= 4 is 15.9 Å². The van der Waals surface area contributed by atoms with Gasteiger partial charge in [-0.2, -0.15) is 0 Å². The number of rotatable bonds is 7. The molecule has 2 nitrogen and oxygen atoms in total. The van der Waals surface area contributed by atoms with Crippen molar-refractivity contribution in [2.75, 3.05) is 32.1 Å². The Kier molecular flexibility index (Phi) is 5.58. The lowest BCUT2D eigenvalue weighted by Crippen LogP contribution is -2.47. The first-order valence-electron chi connectivity index (χ1n) is 5.96. The maximum atomic E-state index is 5.23. The number of hydrogen-bond acceptors (Lipinski definition) is 2. The van der Waals surface area contributed by atoms with Gasteiger partial charge >= 0.3 is 0 Å². The Hall–Kier alpha value is 0.400. The fraction of sp³-hybridized carbons (Fsp3) is 1.00. The predicted molar refractivity (Wildman–Crippen MR) is 68.7 cm³/mol. The standard InChI is InChI=1S/C12H24BrNO/c1-4-14(11(2)8-15-3)10-12(9-13)6-5-7-12/h11H,4-10H2,1-3H3. The lowest BCUT2D eigenvalue weighted by Gasteiger charge is -2.45. The van der Waals surface area contributed by atoms with Crippen LogP contribution in [0.3, 0.4) is 0 Å². The van der Waals surface area contributed by atoms with Gasteiger partial charge in [-0.05, 0) is 31.7 Å². The Morgan fingerprint density at radius 3 is 2.47 bits per heavy atom. The van der Waals surface area contributed by atoms with Gasteiger partial charge in [-0.15, -0.1) is 0 Å². The molecule has 1 aliphatic rings. The SMILES string of the molecule is CCN(CC1(CBr)CCC1)C(C)COC. The molecule has 1 aliphatic carbocycles. The molecule has 0 aromatic carbocycles. The topological polar surface area (TPSA) is 12.5 Å². The number of ether oxygens (including phenoxy) is 1. The van der Waals surface area contributed by atoms with Crippen molar-refractivity contribution in [1.82, 2.24) is 4.90 Å². The molecule has 0 radical (unpaired) electrons. The monoisotopic (exact) mass is 277 g/mol. The summed E-state index contributed by atoms with van der Waals surface area (Å²) in [5, 5.41) is 1.15. The second kappa shape index (κ2) is 6.21. The van der Waals surface area contributed by atoms with Crippen LogP contribution in [0.5, 0.6) is 0 Å². The highest BCUT2D eigenvalue weighted by Crippen LogP contribution is 2.43. The average molecular weight is 278 g/mol. The van der Waals surface area contributed by atoms with Crippen molar-refractivity contribution in [3.8, 4) is 0 Å². The van der Waals surface area contributed by atoms with E-state index in [9.17, 15) is 0 Å². The van der Waals surface area contributed by atoms with Crippen molar-refractivity contribution in [2.24, 2.45) is 5.41 Å². The highest BCUT2D eigenvalue weighted by molar-refractivity contribution is 9.09. The number of alkyl halides is 1. The van der Waals surface area contributed by atoms with Crippen molar-refractivity contribution in [1.29, 1.82) is 0 Å². The molecule has 90 valence electrons. The number of halogens is 1. The zero-order valence-corrected chi connectivity index (χ0v) is 11.8. The van der Waals surface area contributed by atoms with Gasteiger partial charge in [-0.25, -0.2) is 0 Å². The van der Waals surface area contributed by atoms with Crippen LogP contribution in [0.1, 0.15) is 33.1 Å². The van der Waals surface area contributed by atoms with Gasteiger partial charge in [0.05, 0.1) is 6.61 Å². The second-order valence-corrected chi connectivity index (χ2v) is 5.42. The van der Waals surface area contributed by atoms with Crippen LogP contribution in [-0.2, 0) is 4.74 Å². The largest absolute Gasteiger partial charge is 0.383 e. The molecule has 0 aromatic heterocycles. The fourth-order valence-corrected chi connectivity index (χ4v) is 3.11. The van der Waals surface area contributed by atoms with E-state index in [1.165, 1.54) is 25.8 Å². The van der Waals surface area contributed by atoms with E-state index in [4.69, 9.17) is 4.74 Å². The third kappa shape index (κ3) is 3.43. The van der Waals surface area contributed by atoms with E-state index in [0.717, 1.165) is 18.5 Å². The maximum Gasteiger partial charge on any atom is 0.0615 e. The summed E-state index contributed by atoms with van der Waals surface area (Å²) in [7, 11) is 1.79. The molecule has 0 heterocycles. The molecule has 1 rings (SSSR count). The molecule has 1 saturated carbocycles. The van der Waals surface area contributed by atoms with Gasteiger partial charge in [0.25, 0.3) is 0 Å². The van der Waals surface area contributed by atoms with Gasteiger partial charge in [0.2, 0.25) is 0 Å². The van der Waals surface area contributed by atoms with Crippen LogP contribution in [0.15, 0.2) is 0 Å². The Bertz CT molecular complexity index is 177. The molecule has 0 N–H and O–H groups in total. The molecular formula is C12H24BrNO. The first-order valence-corrected chi connectivity index (χ1v) is 7.08. The molecule has 1 atom stereocenters. The quantitative estimate of drug-likeness (QED) is 0.664. The van der Waals surface area contributed by atoms with Gasteiger partial charge < -0.3 is 4.74 Å². The van der Waals surface area contributed by atoms with Crippen molar-refractivity contribution < 1.29 is 4.74 Å². The summed E-state index contributed by atoms with van der Waals surface area (Å²) >= 11 is 3.67. The van der Waals surface area contributed by atoms with Crippen LogP contribution in [0.4, 0.5) is 0 Å². The lowest BCUT2D eigenvalue weighted by atomic mass is 9.70. The third-order valence-corrected chi connectivity index (χ3v) is 4.86. The normalized spacial score (nSPS) is 21.4. The molecule has 0 amide bonds. The summed E-state index contributed by atoms with van der Waals surface area (Å²) in [4.78, 5) is 2.55. The van der Waals surface area contributed by atoms with E-state index in [1.54, 1.807) is 7.11 Å². The van der Waals surface area contributed by atoms with Gasteiger partial charge in [-0.1, -0.05) is 29.3 Å². The molecule has 0 aliphatic heterocycles. The smallest absolute Gasteiger partial charge is 0.0615 e. The van der Waals surface area contributed by atoms with Gasteiger partial charge in [-0.3, -0.25) is 4.90 Å². The fourth-order valence-electron chi connectivity index (χ4n) is 2.37. The Balaban J connectivity index is 2.44. The van der Waals surface area contributed by atoms with E-state index in [-0.39, 0.29) is 0 Å². The van der Waals surface area contributed by atoms with Crippen molar-refractivity contribution in [2.45, 2.75) is 39.2 Å². The molecule has 15 heavy (non-hydrogen) atoms. The van der Waals surface area contributed by atoms with Gasteiger partial charge in [0.15, 0.2) is 0 Å². The van der Waals surface area contributed by atoms with Gasteiger partial charge in [0, 0.05) is 25.0 Å². The third-order valence-electron chi connectivity index (χ3n) is 3.67. The average Bonchev–Trinajstić information content (AvgIpc) is 2.18. The van der Waals surface area contributed by atoms with Gasteiger partial charge in [0.1, 0.15) is 0 Å². The summed E-state index contributed by atoms with van der Waals surface area (Å²) in [5.74, 6) is 0. The molecule has 0 bridgehead atoms. The number of methoxy groups -OCH3 is 1. The first kappa shape index (κ1) is 13.5. The summed E-state index contributed by atoms with van der Waals surface area (Å²) in [5.41, 5.74) is 0.554. The van der Waals surface area contributed by atoms with Crippen LogP contribution < -0.4 is 0 Å². The molecule has 0 spiro atoms. The highest BCUT2D eigenvalue weighted by atomic mass is 79.9. The van der Waals surface area contributed by atoms with Crippen LogP contribution in [0, 0.1) is 5.41 Å². The van der Waals surface area contributed by atoms with Crippen LogP contribution in [-0.4, -0.2) is 43.1 Å². The molecular weight excluding hydrogens is 254 g/mol. The molecule has 1 unspecified atom stereocenters. The lowest BCUT2D eigenvalue weighted by molar-refractivity contribution is 0.0416. The summed E-state index contributed by atoms with van der Waals surface area (Å²) in [6.45, 7) is 7.69. The minimum Gasteiger partial charge on any atom is -0.383 e. The minimum absolute atomic E-state index is 0.538. The van der Waals surface area contributed by atoms with E-state index in [1.807, 2.05) is 0 Å². The Morgan fingerprint density at radius 1 is 1.47 bits per heavy atom. The Labute approximate surface area is 102 Å². The number of nitrogens with zero attached hydrogens (tertiary/aromatic N) is 1. The molecule has 0 aromatic rings. The second-order valence-electron chi connectivity index (χ2n) is 4.85. The summed E-state index contributed by atoms with van der Waals surface area (Å²) in [6.07, 6.45) is 4.17. The van der Waals surface area contributed by atoms with Crippen LogP contribution in [0.25, 0.3) is 0 Å². The minimum atomic E-state index is 0.538. The van der Waals surface area contributed by atoms with Crippen molar-refractivity contribution in [3.63, 3.8) is 0 Å². The number of hydrogen-bond donors (Lipinski definition) is 0. The molecule has 0 saturated heterocycles. The summed E-state index contributed by atoms with van der Waals surface area (Å²) < 4.78 is 5.23. The maximum absolute atomic E-state index is 5.23. The van der Waals surface area contributed by atoms with E-state index in [0.29, 0.717) is 11.5 Å². The zero-order valence-electron chi connectivity index (χ0n) is 10.3. The van der Waals surface area contributed by atoms with E-state index >= 15 is 0 Å².